The van der Waals surface area contributed by atoms with Gasteiger partial charge in [-0.15, -0.1) is 0 Å². The molecule has 0 bridgehead atoms. The van der Waals surface area contributed by atoms with Crippen molar-refractivity contribution in [2.24, 2.45) is 5.73 Å². The van der Waals surface area contributed by atoms with E-state index in [1.807, 2.05) is 48.7 Å². The average Bonchev–Trinajstić information content (AvgIpc) is 2.62. The van der Waals surface area contributed by atoms with Crippen molar-refractivity contribution in [2.75, 3.05) is 13.1 Å². The van der Waals surface area contributed by atoms with Crippen LogP contribution in [0, 0.1) is 0 Å². The third-order valence-corrected chi connectivity index (χ3v) is 4.52. The molecular weight excluding hydrogens is 300 g/mol. The lowest BCUT2D eigenvalue weighted by Gasteiger charge is -2.34. The van der Waals surface area contributed by atoms with Crippen LogP contribution in [0.1, 0.15) is 30.1 Å². The number of likely N-dealkylation sites (tertiary alicyclic amines) is 1. The Balaban J connectivity index is 1.53. The fourth-order valence-electron chi connectivity index (χ4n) is 3.20. The molecule has 1 atom stereocenters. The first-order valence-corrected chi connectivity index (χ1v) is 8.45. The van der Waals surface area contributed by atoms with E-state index in [2.05, 4.69) is 21.3 Å². The van der Waals surface area contributed by atoms with E-state index >= 15 is 0 Å². The molecule has 3 N–H and O–H groups in total. The first-order chi connectivity index (χ1) is 11.7. The largest absolute Gasteiger partial charge is 0.368 e. The highest BCUT2D eigenvalue weighted by atomic mass is 16.1. The minimum atomic E-state index is -0.418. The molecule has 1 aliphatic rings. The van der Waals surface area contributed by atoms with Crippen LogP contribution in [-0.4, -0.2) is 34.9 Å². The Hall–Kier alpha value is -2.24. The fourth-order valence-corrected chi connectivity index (χ4v) is 3.20. The van der Waals surface area contributed by atoms with Gasteiger partial charge in [-0.3, -0.25) is 20.0 Å². The second kappa shape index (κ2) is 8.04. The summed E-state index contributed by atoms with van der Waals surface area (Å²) in [5.74, 6) is -0.322. The lowest BCUT2D eigenvalue weighted by atomic mass is 10.0. The van der Waals surface area contributed by atoms with Crippen molar-refractivity contribution < 1.29 is 4.79 Å². The molecule has 0 aliphatic carbocycles. The maximum Gasteiger partial charge on any atom is 0.239 e. The zero-order valence-electron chi connectivity index (χ0n) is 13.8. The Morgan fingerprint density at radius 2 is 1.88 bits per heavy atom. The predicted molar refractivity (Wildman–Crippen MR) is 94.0 cm³/mol. The number of aromatic nitrogens is 1. The van der Waals surface area contributed by atoms with E-state index < -0.39 is 6.04 Å². The van der Waals surface area contributed by atoms with Crippen LogP contribution in [0.2, 0.25) is 0 Å². The average molecular weight is 324 g/mol. The molecule has 1 aromatic heterocycles. The molecular formula is C19H24N4O. The molecule has 0 radical (unpaired) electrons. The topological polar surface area (TPSA) is 71.2 Å². The van der Waals surface area contributed by atoms with Gasteiger partial charge in [0.15, 0.2) is 0 Å². The van der Waals surface area contributed by atoms with E-state index in [0.29, 0.717) is 6.04 Å². The van der Waals surface area contributed by atoms with E-state index in [1.165, 1.54) is 0 Å². The number of primary amides is 1. The number of rotatable bonds is 6. The first-order valence-electron chi connectivity index (χ1n) is 8.45. The fraction of sp³-hybridized carbons (Fsp3) is 0.368. The van der Waals surface area contributed by atoms with Gasteiger partial charge in [0.2, 0.25) is 5.91 Å². The van der Waals surface area contributed by atoms with Crippen LogP contribution in [0.5, 0.6) is 0 Å². The second-order valence-corrected chi connectivity index (χ2v) is 6.28. The van der Waals surface area contributed by atoms with Gasteiger partial charge in [0.25, 0.3) is 0 Å². The maximum absolute atomic E-state index is 11.8. The number of hydrogen-bond donors (Lipinski definition) is 2. The molecule has 0 spiro atoms. The van der Waals surface area contributed by atoms with E-state index in [9.17, 15) is 4.79 Å². The summed E-state index contributed by atoms with van der Waals surface area (Å²) in [6, 6.07) is 15.6. The molecule has 2 heterocycles. The van der Waals surface area contributed by atoms with E-state index in [4.69, 9.17) is 5.73 Å². The van der Waals surface area contributed by atoms with Crippen LogP contribution in [0.3, 0.4) is 0 Å². The van der Waals surface area contributed by atoms with Gasteiger partial charge in [0.1, 0.15) is 6.04 Å². The summed E-state index contributed by atoms with van der Waals surface area (Å²) < 4.78 is 0. The van der Waals surface area contributed by atoms with Crippen molar-refractivity contribution in [3.05, 3.63) is 66.0 Å². The molecule has 1 aromatic carbocycles. The van der Waals surface area contributed by atoms with Gasteiger partial charge in [0.05, 0.1) is 5.69 Å². The van der Waals surface area contributed by atoms with Crippen molar-refractivity contribution in [1.82, 2.24) is 15.2 Å². The van der Waals surface area contributed by atoms with Crippen molar-refractivity contribution >= 4 is 5.91 Å². The molecule has 1 fully saturated rings. The van der Waals surface area contributed by atoms with Gasteiger partial charge in [-0.1, -0.05) is 36.4 Å². The summed E-state index contributed by atoms with van der Waals surface area (Å²) in [5, 5.41) is 3.44. The minimum Gasteiger partial charge on any atom is -0.368 e. The first kappa shape index (κ1) is 16.6. The molecule has 5 heteroatoms. The van der Waals surface area contributed by atoms with Gasteiger partial charge in [-0.2, -0.15) is 0 Å². The Bertz CT molecular complexity index is 639. The number of pyridine rings is 1. The van der Waals surface area contributed by atoms with Gasteiger partial charge < -0.3 is 5.73 Å². The van der Waals surface area contributed by atoms with Crippen LogP contribution in [0.25, 0.3) is 0 Å². The molecule has 24 heavy (non-hydrogen) atoms. The predicted octanol–water partition coefficient (Wildman–Crippen LogP) is 1.86. The summed E-state index contributed by atoms with van der Waals surface area (Å²) in [5.41, 5.74) is 7.63. The van der Waals surface area contributed by atoms with Crippen molar-refractivity contribution in [3.63, 3.8) is 0 Å². The Morgan fingerprint density at radius 3 is 2.50 bits per heavy atom. The minimum absolute atomic E-state index is 0.308. The van der Waals surface area contributed by atoms with Crippen molar-refractivity contribution in [3.8, 4) is 0 Å². The third kappa shape index (κ3) is 4.40. The molecule has 1 saturated heterocycles. The molecule has 0 saturated carbocycles. The molecule has 5 nitrogen and oxygen atoms in total. The smallest absolute Gasteiger partial charge is 0.239 e. The summed E-state index contributed by atoms with van der Waals surface area (Å²) in [6.45, 7) is 2.87. The molecule has 1 amide bonds. The number of carbonyl (C=O) groups excluding carboxylic acids is 1. The van der Waals surface area contributed by atoms with Gasteiger partial charge >= 0.3 is 0 Å². The lowest BCUT2D eigenvalue weighted by molar-refractivity contribution is -0.120. The van der Waals surface area contributed by atoms with Crippen LogP contribution < -0.4 is 11.1 Å². The standard InChI is InChI=1S/C19H24N4O/c20-19(24)18(15-6-2-1-3-7-15)22-16-9-12-23(13-10-16)14-17-8-4-5-11-21-17/h1-8,11,16,18,22H,9-10,12-14H2,(H2,20,24)/t18-/m0/s1. The van der Waals surface area contributed by atoms with Crippen molar-refractivity contribution in [2.45, 2.75) is 31.5 Å². The molecule has 3 rings (SSSR count). The maximum atomic E-state index is 11.8. The van der Waals surface area contributed by atoms with Crippen molar-refractivity contribution in [1.29, 1.82) is 0 Å². The highest BCUT2D eigenvalue weighted by molar-refractivity contribution is 5.81. The van der Waals surface area contributed by atoms with E-state index in [1.54, 1.807) is 0 Å². The number of benzene rings is 1. The highest BCUT2D eigenvalue weighted by Crippen LogP contribution is 2.18. The Morgan fingerprint density at radius 1 is 1.17 bits per heavy atom. The van der Waals surface area contributed by atoms with E-state index in [-0.39, 0.29) is 5.91 Å². The quantitative estimate of drug-likeness (QED) is 0.851. The third-order valence-electron chi connectivity index (χ3n) is 4.52. The zero-order valence-corrected chi connectivity index (χ0v) is 13.8. The molecule has 2 aromatic rings. The van der Waals surface area contributed by atoms with Crippen LogP contribution in [0.4, 0.5) is 0 Å². The zero-order chi connectivity index (χ0) is 16.8. The lowest BCUT2D eigenvalue weighted by Crippen LogP contribution is -2.46. The highest BCUT2D eigenvalue weighted by Gasteiger charge is 2.25. The number of amides is 1. The monoisotopic (exact) mass is 324 g/mol. The Labute approximate surface area is 142 Å². The molecule has 0 unspecified atom stereocenters. The van der Waals surface area contributed by atoms with Gasteiger partial charge in [-0.05, 0) is 30.5 Å². The number of nitrogens with one attached hydrogen (secondary N) is 1. The molecule has 126 valence electrons. The van der Waals surface area contributed by atoms with Crippen LogP contribution in [0.15, 0.2) is 54.7 Å². The second-order valence-electron chi connectivity index (χ2n) is 6.28. The van der Waals surface area contributed by atoms with Gasteiger partial charge in [0, 0.05) is 31.9 Å². The van der Waals surface area contributed by atoms with Crippen LogP contribution in [-0.2, 0) is 11.3 Å². The number of nitrogens with zero attached hydrogens (tertiary/aromatic N) is 2. The summed E-state index contributed by atoms with van der Waals surface area (Å²) in [6.07, 6.45) is 3.84. The van der Waals surface area contributed by atoms with Crippen LogP contribution >= 0.6 is 0 Å². The van der Waals surface area contributed by atoms with E-state index in [0.717, 1.165) is 43.7 Å². The number of nitrogens with two attached hydrogens (primary N) is 1. The number of carbonyl (C=O) groups is 1. The SMILES string of the molecule is NC(=O)[C@@H](NC1CCN(Cc2ccccn2)CC1)c1ccccc1. The molecule has 1 aliphatic heterocycles. The summed E-state index contributed by atoms with van der Waals surface area (Å²) in [4.78, 5) is 18.6. The number of hydrogen-bond acceptors (Lipinski definition) is 4. The van der Waals surface area contributed by atoms with Gasteiger partial charge in [-0.25, -0.2) is 0 Å². The normalized spacial score (nSPS) is 17.5. The number of piperidine rings is 1. The summed E-state index contributed by atoms with van der Waals surface area (Å²) >= 11 is 0. The Kier molecular flexibility index (Phi) is 5.56. The summed E-state index contributed by atoms with van der Waals surface area (Å²) in [7, 11) is 0.